The average Bonchev–Trinajstić information content (AvgIpc) is 2.68. The quantitative estimate of drug-likeness (QED) is 0.789. The second-order valence-corrected chi connectivity index (χ2v) is 3.76. The summed E-state index contributed by atoms with van der Waals surface area (Å²) in [5.74, 6) is 0.762. The van der Waals surface area contributed by atoms with Crippen molar-refractivity contribution >= 4 is 17.5 Å². The molecule has 1 heterocycles. The second kappa shape index (κ2) is 4.53. The Balaban J connectivity index is 1.88. The van der Waals surface area contributed by atoms with Crippen LogP contribution in [0.1, 0.15) is 5.56 Å². The molecule has 0 saturated heterocycles. The van der Waals surface area contributed by atoms with Crippen molar-refractivity contribution in [2.45, 2.75) is 12.5 Å². The van der Waals surface area contributed by atoms with Gasteiger partial charge in [-0.1, -0.05) is 18.2 Å². The lowest BCUT2D eigenvalue weighted by molar-refractivity contribution is -0.119. The Bertz CT molecular complexity index is 342. The molecule has 1 atom stereocenters. The summed E-state index contributed by atoms with van der Waals surface area (Å²) in [6, 6.07) is 7.91. The molecule has 0 saturated carbocycles. The summed E-state index contributed by atoms with van der Waals surface area (Å²) in [4.78, 5) is 10.9. The molecule has 1 aliphatic heterocycles. The number of hydrogen-bond donors (Lipinski definition) is 1. The third-order valence-electron chi connectivity index (χ3n) is 2.36. The third-order valence-corrected chi connectivity index (χ3v) is 2.60. The molecule has 0 fully saturated rings. The Morgan fingerprint density at radius 1 is 1.53 bits per heavy atom. The SMILES string of the molecule is O=C(CCl)NC[C@H]1Cc2ccccc2O1. The van der Waals surface area contributed by atoms with Gasteiger partial charge in [-0.15, -0.1) is 11.6 Å². The van der Waals surface area contributed by atoms with Crippen LogP contribution in [0.2, 0.25) is 0 Å². The molecule has 0 spiro atoms. The predicted molar refractivity (Wildman–Crippen MR) is 58.3 cm³/mol. The summed E-state index contributed by atoms with van der Waals surface area (Å²) in [6.45, 7) is 0.514. The van der Waals surface area contributed by atoms with Crippen molar-refractivity contribution < 1.29 is 9.53 Å². The predicted octanol–water partition coefficient (Wildman–Crippen LogP) is 1.35. The number of amides is 1. The molecule has 2 rings (SSSR count). The molecule has 0 unspecified atom stereocenters. The van der Waals surface area contributed by atoms with Crippen LogP contribution < -0.4 is 10.1 Å². The van der Waals surface area contributed by atoms with E-state index in [1.165, 1.54) is 5.56 Å². The van der Waals surface area contributed by atoms with Crippen molar-refractivity contribution in [2.24, 2.45) is 0 Å². The fourth-order valence-corrected chi connectivity index (χ4v) is 1.74. The van der Waals surface area contributed by atoms with Gasteiger partial charge >= 0.3 is 0 Å². The lowest BCUT2D eigenvalue weighted by atomic mass is 10.1. The Morgan fingerprint density at radius 2 is 2.33 bits per heavy atom. The van der Waals surface area contributed by atoms with E-state index in [0.717, 1.165) is 12.2 Å². The number of para-hydroxylation sites is 1. The molecule has 1 N–H and O–H groups in total. The van der Waals surface area contributed by atoms with Crippen LogP contribution in [0, 0.1) is 0 Å². The van der Waals surface area contributed by atoms with E-state index in [1.54, 1.807) is 0 Å². The van der Waals surface area contributed by atoms with E-state index >= 15 is 0 Å². The van der Waals surface area contributed by atoms with Gasteiger partial charge in [-0.25, -0.2) is 0 Å². The van der Waals surface area contributed by atoms with Crippen LogP contribution >= 0.6 is 11.6 Å². The molecule has 4 heteroatoms. The molecule has 1 amide bonds. The molecule has 1 aromatic rings. The monoisotopic (exact) mass is 225 g/mol. The highest BCUT2D eigenvalue weighted by Crippen LogP contribution is 2.27. The number of nitrogens with one attached hydrogen (secondary N) is 1. The molecule has 0 aliphatic carbocycles. The van der Waals surface area contributed by atoms with Crippen molar-refractivity contribution in [3.63, 3.8) is 0 Å². The van der Waals surface area contributed by atoms with Crippen LogP contribution in [0.15, 0.2) is 24.3 Å². The van der Waals surface area contributed by atoms with Gasteiger partial charge in [0.25, 0.3) is 0 Å². The van der Waals surface area contributed by atoms with E-state index in [4.69, 9.17) is 16.3 Å². The molecular weight excluding hydrogens is 214 g/mol. The van der Waals surface area contributed by atoms with Crippen molar-refractivity contribution in [1.29, 1.82) is 0 Å². The number of carbonyl (C=O) groups is 1. The lowest BCUT2D eigenvalue weighted by Gasteiger charge is -2.10. The minimum absolute atomic E-state index is 0.000329. The maximum atomic E-state index is 10.9. The first-order valence-electron chi connectivity index (χ1n) is 4.87. The summed E-state index contributed by atoms with van der Waals surface area (Å²) >= 11 is 5.37. The summed E-state index contributed by atoms with van der Waals surface area (Å²) in [7, 11) is 0. The molecule has 0 bridgehead atoms. The first-order valence-corrected chi connectivity index (χ1v) is 5.40. The van der Waals surface area contributed by atoms with Crippen LogP contribution in [-0.2, 0) is 11.2 Å². The van der Waals surface area contributed by atoms with Crippen LogP contribution in [0.3, 0.4) is 0 Å². The van der Waals surface area contributed by atoms with Gasteiger partial charge in [-0.3, -0.25) is 4.79 Å². The minimum atomic E-state index is -0.156. The van der Waals surface area contributed by atoms with Gasteiger partial charge in [0, 0.05) is 6.42 Å². The van der Waals surface area contributed by atoms with Crippen molar-refractivity contribution in [3.8, 4) is 5.75 Å². The molecule has 15 heavy (non-hydrogen) atoms. The lowest BCUT2D eigenvalue weighted by Crippen LogP contribution is -2.35. The van der Waals surface area contributed by atoms with E-state index in [1.807, 2.05) is 24.3 Å². The summed E-state index contributed by atoms with van der Waals surface area (Å²) in [6.07, 6.45) is 0.883. The third kappa shape index (κ3) is 2.42. The zero-order valence-corrected chi connectivity index (χ0v) is 8.96. The number of hydrogen-bond acceptors (Lipinski definition) is 2. The number of alkyl halides is 1. The maximum absolute atomic E-state index is 10.9. The Hall–Kier alpha value is -1.22. The topological polar surface area (TPSA) is 38.3 Å². The van der Waals surface area contributed by atoms with Crippen LogP contribution in [0.5, 0.6) is 5.75 Å². The van der Waals surface area contributed by atoms with E-state index in [0.29, 0.717) is 6.54 Å². The van der Waals surface area contributed by atoms with Crippen molar-refractivity contribution in [3.05, 3.63) is 29.8 Å². The van der Waals surface area contributed by atoms with E-state index < -0.39 is 0 Å². The largest absolute Gasteiger partial charge is 0.488 e. The summed E-state index contributed by atoms with van der Waals surface area (Å²) in [5.41, 5.74) is 1.20. The van der Waals surface area contributed by atoms with Crippen molar-refractivity contribution in [2.75, 3.05) is 12.4 Å². The fourth-order valence-electron chi connectivity index (χ4n) is 1.64. The van der Waals surface area contributed by atoms with Crippen LogP contribution in [0.4, 0.5) is 0 Å². The van der Waals surface area contributed by atoms with E-state index in [2.05, 4.69) is 5.32 Å². The molecule has 1 aromatic carbocycles. The Kier molecular flexibility index (Phi) is 3.11. The highest BCUT2D eigenvalue weighted by atomic mass is 35.5. The Morgan fingerprint density at radius 3 is 3.07 bits per heavy atom. The van der Waals surface area contributed by atoms with Gasteiger partial charge in [0.15, 0.2) is 0 Å². The van der Waals surface area contributed by atoms with Gasteiger partial charge in [-0.2, -0.15) is 0 Å². The number of benzene rings is 1. The van der Waals surface area contributed by atoms with Gasteiger partial charge in [0.1, 0.15) is 17.7 Å². The van der Waals surface area contributed by atoms with Gasteiger partial charge in [0.2, 0.25) is 5.91 Å². The fraction of sp³-hybridized carbons (Fsp3) is 0.364. The first kappa shape index (κ1) is 10.3. The van der Waals surface area contributed by atoms with Gasteiger partial charge in [0.05, 0.1) is 6.54 Å². The highest BCUT2D eigenvalue weighted by molar-refractivity contribution is 6.27. The molecule has 80 valence electrons. The maximum Gasteiger partial charge on any atom is 0.235 e. The standard InChI is InChI=1S/C11H12ClNO2/c12-6-11(14)13-7-9-5-8-3-1-2-4-10(8)15-9/h1-4,9H,5-7H2,(H,13,14)/t9-/m1/s1. The zero-order valence-electron chi connectivity index (χ0n) is 8.20. The van der Waals surface area contributed by atoms with Crippen LogP contribution in [-0.4, -0.2) is 24.4 Å². The van der Waals surface area contributed by atoms with E-state index in [9.17, 15) is 4.79 Å². The van der Waals surface area contributed by atoms with Gasteiger partial charge < -0.3 is 10.1 Å². The number of halogens is 1. The average molecular weight is 226 g/mol. The minimum Gasteiger partial charge on any atom is -0.488 e. The summed E-state index contributed by atoms with van der Waals surface area (Å²) in [5, 5.41) is 2.71. The normalized spacial score (nSPS) is 18.1. The number of carbonyl (C=O) groups excluding carboxylic acids is 1. The number of ether oxygens (including phenoxy) is 1. The smallest absolute Gasteiger partial charge is 0.235 e. The Labute approximate surface area is 93.4 Å². The second-order valence-electron chi connectivity index (χ2n) is 3.49. The molecule has 0 radical (unpaired) electrons. The van der Waals surface area contributed by atoms with Crippen LogP contribution in [0.25, 0.3) is 0 Å². The van der Waals surface area contributed by atoms with Crippen molar-refractivity contribution in [1.82, 2.24) is 5.32 Å². The van der Waals surface area contributed by atoms with Gasteiger partial charge in [-0.05, 0) is 11.6 Å². The molecule has 0 aromatic heterocycles. The molecular formula is C11H12ClNO2. The highest BCUT2D eigenvalue weighted by Gasteiger charge is 2.22. The molecule has 1 aliphatic rings. The molecule has 3 nitrogen and oxygen atoms in total. The summed E-state index contributed by atoms with van der Waals surface area (Å²) < 4.78 is 5.64. The van der Waals surface area contributed by atoms with E-state index in [-0.39, 0.29) is 17.9 Å². The number of fused-ring (bicyclic) bond motifs is 1. The number of rotatable bonds is 3. The first-order chi connectivity index (χ1) is 7.29. The zero-order chi connectivity index (χ0) is 10.7.